The molecule has 0 unspecified atom stereocenters. The molecule has 0 saturated carbocycles. The maximum absolute atomic E-state index is 11.5. The number of unbranched alkanes of at least 4 members (excludes halogenated alkanes) is 1. The van der Waals surface area contributed by atoms with Gasteiger partial charge in [0.1, 0.15) is 12.0 Å². The summed E-state index contributed by atoms with van der Waals surface area (Å²) in [5.41, 5.74) is 1.07. The van der Waals surface area contributed by atoms with Crippen molar-refractivity contribution < 1.29 is 14.3 Å². The van der Waals surface area contributed by atoms with Gasteiger partial charge in [-0.1, -0.05) is 13.3 Å². The van der Waals surface area contributed by atoms with Crippen LogP contribution in [-0.4, -0.2) is 23.8 Å². The Labute approximate surface area is 88.6 Å². The number of carbonyl (C=O) groups is 2. The second-order valence-electron chi connectivity index (χ2n) is 3.24. The predicted octanol–water partition coefficient (Wildman–Crippen LogP) is 1.71. The zero-order chi connectivity index (χ0) is 11.1. The van der Waals surface area contributed by atoms with Crippen LogP contribution in [0.3, 0.4) is 0 Å². The van der Waals surface area contributed by atoms with E-state index in [-0.39, 0.29) is 12.4 Å². The Bertz CT molecular complexity index is 330. The highest BCUT2D eigenvalue weighted by Crippen LogP contribution is 2.08. The molecule has 0 saturated heterocycles. The fourth-order valence-corrected chi connectivity index (χ4v) is 1.23. The van der Waals surface area contributed by atoms with Crippen LogP contribution in [0.4, 0.5) is 0 Å². The number of hydrogen-bond acceptors (Lipinski definition) is 3. The van der Waals surface area contributed by atoms with Crippen molar-refractivity contribution in [2.45, 2.75) is 26.2 Å². The lowest BCUT2D eigenvalue weighted by atomic mass is 10.2. The van der Waals surface area contributed by atoms with E-state index in [0.29, 0.717) is 17.9 Å². The molecule has 0 aliphatic rings. The maximum Gasteiger partial charge on any atom is 0.355 e. The molecule has 0 bridgehead atoms. The summed E-state index contributed by atoms with van der Waals surface area (Å²) >= 11 is 0. The van der Waals surface area contributed by atoms with Crippen LogP contribution in [0.25, 0.3) is 0 Å². The van der Waals surface area contributed by atoms with Crippen LogP contribution in [0, 0.1) is 0 Å². The lowest BCUT2D eigenvalue weighted by Gasteiger charge is -2.03. The van der Waals surface area contributed by atoms with E-state index in [0.717, 1.165) is 19.1 Å². The summed E-state index contributed by atoms with van der Waals surface area (Å²) in [6.45, 7) is 2.45. The molecule has 1 aromatic rings. The number of esters is 1. The summed E-state index contributed by atoms with van der Waals surface area (Å²) in [5, 5.41) is 0. The summed E-state index contributed by atoms with van der Waals surface area (Å²) in [6, 6.07) is 1.71. The van der Waals surface area contributed by atoms with Crippen LogP contribution in [0.1, 0.15) is 35.8 Å². The second kappa shape index (κ2) is 6.01. The molecule has 1 aromatic heterocycles. The van der Waals surface area contributed by atoms with Crippen LogP contribution < -0.4 is 0 Å². The average Bonchev–Trinajstić information content (AvgIpc) is 2.67. The van der Waals surface area contributed by atoms with Gasteiger partial charge in [-0.15, -0.1) is 0 Å². The Hall–Kier alpha value is -1.58. The molecule has 0 radical (unpaired) electrons. The minimum absolute atomic E-state index is 0.238. The highest BCUT2D eigenvalue weighted by atomic mass is 16.5. The minimum atomic E-state index is -0.384. The van der Waals surface area contributed by atoms with E-state index >= 15 is 0 Å². The van der Waals surface area contributed by atoms with E-state index in [4.69, 9.17) is 4.74 Å². The molecule has 4 heteroatoms. The number of ether oxygens (including phenoxy) is 1. The molecule has 1 N–H and O–H groups in total. The number of nitrogens with one attached hydrogen (secondary N) is 1. The fourth-order valence-electron chi connectivity index (χ4n) is 1.23. The van der Waals surface area contributed by atoms with Gasteiger partial charge in [0.25, 0.3) is 0 Å². The van der Waals surface area contributed by atoms with Crippen molar-refractivity contribution in [1.29, 1.82) is 0 Å². The number of aldehydes is 1. The lowest BCUT2D eigenvalue weighted by Crippen LogP contribution is -2.09. The Morgan fingerprint density at radius 3 is 3.07 bits per heavy atom. The first-order valence-corrected chi connectivity index (χ1v) is 5.06. The maximum atomic E-state index is 11.5. The van der Waals surface area contributed by atoms with Crippen molar-refractivity contribution >= 4 is 12.3 Å². The molecule has 0 aliphatic heterocycles. The number of aromatic nitrogens is 1. The Balaban J connectivity index is 2.56. The standard InChI is InChI=1S/C11H15NO3/c1-2-3-8-15-11(14)10-9(5-7-13)4-6-12-10/h4,6-7,12H,2-3,5,8H2,1H3. The summed E-state index contributed by atoms with van der Waals surface area (Å²) in [4.78, 5) is 24.6. The first kappa shape index (κ1) is 11.5. The largest absolute Gasteiger partial charge is 0.461 e. The van der Waals surface area contributed by atoms with Gasteiger partial charge in [-0.05, 0) is 18.1 Å². The molecule has 0 spiro atoms. The van der Waals surface area contributed by atoms with Crippen LogP contribution in [0.15, 0.2) is 12.3 Å². The average molecular weight is 209 g/mol. The summed E-state index contributed by atoms with van der Waals surface area (Å²) < 4.78 is 5.03. The van der Waals surface area contributed by atoms with Gasteiger partial charge in [0.15, 0.2) is 0 Å². The van der Waals surface area contributed by atoms with E-state index in [1.54, 1.807) is 12.3 Å². The van der Waals surface area contributed by atoms with Gasteiger partial charge < -0.3 is 14.5 Å². The van der Waals surface area contributed by atoms with Crippen molar-refractivity contribution in [1.82, 2.24) is 4.98 Å². The quantitative estimate of drug-likeness (QED) is 0.441. The SMILES string of the molecule is CCCCOC(=O)c1[nH]ccc1CC=O. The van der Waals surface area contributed by atoms with Gasteiger partial charge >= 0.3 is 5.97 Å². The van der Waals surface area contributed by atoms with Gasteiger partial charge in [-0.25, -0.2) is 4.79 Å². The third kappa shape index (κ3) is 3.23. The molecule has 0 amide bonds. The number of hydrogen-bond donors (Lipinski definition) is 1. The van der Waals surface area contributed by atoms with Crippen molar-refractivity contribution in [3.63, 3.8) is 0 Å². The van der Waals surface area contributed by atoms with Gasteiger partial charge in [-0.2, -0.15) is 0 Å². The van der Waals surface area contributed by atoms with E-state index in [2.05, 4.69) is 4.98 Å². The summed E-state index contributed by atoms with van der Waals surface area (Å²) in [6.07, 6.45) is 4.48. The first-order chi connectivity index (χ1) is 7.29. The lowest BCUT2D eigenvalue weighted by molar-refractivity contribution is -0.107. The van der Waals surface area contributed by atoms with Crippen molar-refractivity contribution in [2.75, 3.05) is 6.61 Å². The molecule has 0 aromatic carbocycles. The smallest absolute Gasteiger partial charge is 0.355 e. The predicted molar refractivity (Wildman–Crippen MR) is 55.8 cm³/mol. The molecule has 0 aliphatic carbocycles. The first-order valence-electron chi connectivity index (χ1n) is 5.06. The minimum Gasteiger partial charge on any atom is -0.461 e. The third-order valence-electron chi connectivity index (χ3n) is 2.07. The fraction of sp³-hybridized carbons (Fsp3) is 0.455. The molecule has 1 heterocycles. The molecule has 4 nitrogen and oxygen atoms in total. The molecule has 82 valence electrons. The number of aromatic amines is 1. The van der Waals surface area contributed by atoms with E-state index in [1.165, 1.54) is 0 Å². The topological polar surface area (TPSA) is 59.2 Å². The van der Waals surface area contributed by atoms with Gasteiger partial charge in [0.2, 0.25) is 0 Å². The highest BCUT2D eigenvalue weighted by molar-refractivity contribution is 5.89. The van der Waals surface area contributed by atoms with Crippen LogP contribution in [-0.2, 0) is 16.0 Å². The summed E-state index contributed by atoms with van der Waals surface area (Å²) in [5.74, 6) is -0.384. The molecule has 1 rings (SSSR count). The van der Waals surface area contributed by atoms with Crippen molar-refractivity contribution in [3.05, 3.63) is 23.5 Å². The highest BCUT2D eigenvalue weighted by Gasteiger charge is 2.13. The van der Waals surface area contributed by atoms with Gasteiger partial charge in [0, 0.05) is 12.6 Å². The van der Waals surface area contributed by atoms with Crippen LogP contribution in [0.5, 0.6) is 0 Å². The van der Waals surface area contributed by atoms with Crippen LogP contribution in [0.2, 0.25) is 0 Å². The third-order valence-corrected chi connectivity index (χ3v) is 2.07. The number of rotatable bonds is 6. The second-order valence-corrected chi connectivity index (χ2v) is 3.24. The van der Waals surface area contributed by atoms with Crippen molar-refractivity contribution in [3.8, 4) is 0 Å². The molecular weight excluding hydrogens is 194 g/mol. The molecule has 0 atom stereocenters. The Kier molecular flexibility index (Phi) is 4.60. The Morgan fingerprint density at radius 1 is 1.60 bits per heavy atom. The van der Waals surface area contributed by atoms with E-state index < -0.39 is 0 Å². The normalized spacial score (nSPS) is 9.93. The zero-order valence-electron chi connectivity index (χ0n) is 8.79. The van der Waals surface area contributed by atoms with E-state index in [9.17, 15) is 9.59 Å². The van der Waals surface area contributed by atoms with Gasteiger partial charge in [-0.3, -0.25) is 0 Å². The summed E-state index contributed by atoms with van der Waals surface area (Å²) in [7, 11) is 0. The monoisotopic (exact) mass is 209 g/mol. The number of H-pyrrole nitrogens is 1. The van der Waals surface area contributed by atoms with Gasteiger partial charge in [0.05, 0.1) is 6.61 Å². The Morgan fingerprint density at radius 2 is 2.40 bits per heavy atom. The zero-order valence-corrected chi connectivity index (χ0v) is 8.79. The van der Waals surface area contributed by atoms with Crippen molar-refractivity contribution in [2.24, 2.45) is 0 Å². The van der Waals surface area contributed by atoms with E-state index in [1.807, 2.05) is 6.92 Å². The molecule has 15 heavy (non-hydrogen) atoms. The number of carbonyl (C=O) groups excluding carboxylic acids is 2. The molecular formula is C11H15NO3. The van der Waals surface area contributed by atoms with Crippen LogP contribution >= 0.6 is 0 Å². The molecule has 0 fully saturated rings.